The molecule has 0 atom stereocenters. The second kappa shape index (κ2) is 11.4. The number of fused-ring (bicyclic) bond motifs is 1. The Bertz CT molecular complexity index is 1370. The van der Waals surface area contributed by atoms with Gasteiger partial charge in [0.2, 0.25) is 5.95 Å². The number of hydrogen-bond donors (Lipinski definition) is 1. The normalized spacial score (nSPS) is 16.9. The van der Waals surface area contributed by atoms with Gasteiger partial charge in [0.1, 0.15) is 6.07 Å². The van der Waals surface area contributed by atoms with Crippen molar-refractivity contribution in [2.75, 3.05) is 18.0 Å². The molecule has 0 N–H and O–H groups in total. The highest BCUT2D eigenvalue weighted by molar-refractivity contribution is 7.79. The number of benzene rings is 2. The molecule has 0 unspecified atom stereocenters. The molecule has 37 heavy (non-hydrogen) atoms. The molecule has 1 aliphatic heterocycles. The Morgan fingerprint density at radius 1 is 1.03 bits per heavy atom. The molecule has 2 aromatic carbocycles. The Kier molecular flexibility index (Phi) is 8.48. The van der Waals surface area contributed by atoms with E-state index in [-0.39, 0.29) is 5.41 Å². The standard InChI is InChI=1S/C25H21Cl2N5S.C4H10/c1-15-21(18-7-4-8-19(26)22(18)27)20(14-28)30-24(29-15)32-11-9-25(10-12-32)13-16-5-2-3-6-17(16)23(25)31-33;1-4(2)3/h2-8,33H,9-13H2,1H3;4H,1-3H3/b31-23-;. The summed E-state index contributed by atoms with van der Waals surface area (Å²) in [5.74, 6) is 1.40. The Labute approximate surface area is 235 Å². The van der Waals surface area contributed by atoms with E-state index in [1.165, 1.54) is 11.1 Å². The van der Waals surface area contributed by atoms with E-state index >= 15 is 0 Å². The third-order valence-electron chi connectivity index (χ3n) is 6.81. The number of aromatic nitrogens is 2. The van der Waals surface area contributed by atoms with Crippen molar-refractivity contribution in [3.63, 3.8) is 0 Å². The topological polar surface area (TPSA) is 65.2 Å². The fourth-order valence-electron chi connectivity index (χ4n) is 5.15. The predicted octanol–water partition coefficient (Wildman–Crippen LogP) is 7.77. The summed E-state index contributed by atoms with van der Waals surface area (Å²) in [6.07, 6.45) is 2.83. The van der Waals surface area contributed by atoms with Gasteiger partial charge in [0, 0.05) is 35.2 Å². The maximum absolute atomic E-state index is 9.86. The fourth-order valence-corrected chi connectivity index (χ4v) is 5.86. The van der Waals surface area contributed by atoms with E-state index in [0.29, 0.717) is 38.5 Å². The van der Waals surface area contributed by atoms with E-state index in [2.05, 4.69) is 78.2 Å². The molecule has 1 aliphatic carbocycles. The zero-order chi connectivity index (χ0) is 26.7. The van der Waals surface area contributed by atoms with Crippen molar-refractivity contribution >= 4 is 47.7 Å². The second-order valence-corrected chi connectivity index (χ2v) is 11.3. The zero-order valence-electron chi connectivity index (χ0n) is 21.6. The summed E-state index contributed by atoms with van der Waals surface area (Å²) in [5.41, 5.74) is 5.91. The molecule has 5 nitrogen and oxygen atoms in total. The molecular weight excluding hydrogens is 521 g/mol. The number of piperidine rings is 1. The lowest BCUT2D eigenvalue weighted by molar-refractivity contribution is 0.329. The smallest absolute Gasteiger partial charge is 0.226 e. The lowest BCUT2D eigenvalue weighted by Gasteiger charge is -2.39. The van der Waals surface area contributed by atoms with Crippen molar-refractivity contribution in [1.29, 1.82) is 5.26 Å². The van der Waals surface area contributed by atoms with Crippen molar-refractivity contribution < 1.29 is 0 Å². The average Bonchev–Trinajstić information content (AvgIpc) is 3.18. The SMILES string of the molecule is CC(C)C.Cc1nc(N2CCC3(CC2)Cc2ccccc2/C3=N/S)nc(C#N)c1-c1cccc(Cl)c1Cl. The molecule has 8 heteroatoms. The Balaban J connectivity index is 0.000000747. The third kappa shape index (κ3) is 5.50. The summed E-state index contributed by atoms with van der Waals surface area (Å²) in [5, 5.41) is 10.7. The van der Waals surface area contributed by atoms with Gasteiger partial charge in [-0.15, -0.1) is 0 Å². The first kappa shape index (κ1) is 27.4. The fraction of sp³-hybridized carbons (Fsp3) is 0.379. The van der Waals surface area contributed by atoms with Gasteiger partial charge in [0.15, 0.2) is 5.69 Å². The number of anilines is 1. The molecule has 5 rings (SSSR count). The number of hydrogen-bond acceptors (Lipinski definition) is 6. The van der Waals surface area contributed by atoms with Crippen molar-refractivity contribution in [3.8, 4) is 17.2 Å². The summed E-state index contributed by atoms with van der Waals surface area (Å²) >= 11 is 16.9. The molecule has 1 fully saturated rings. The quantitative estimate of drug-likeness (QED) is 0.330. The van der Waals surface area contributed by atoms with Gasteiger partial charge >= 0.3 is 0 Å². The summed E-state index contributed by atoms with van der Waals surface area (Å²) in [6, 6.07) is 16.0. The summed E-state index contributed by atoms with van der Waals surface area (Å²) in [4.78, 5) is 11.5. The average molecular weight is 553 g/mol. The molecule has 3 aromatic rings. The van der Waals surface area contributed by atoms with Crippen LogP contribution in [0.1, 0.15) is 56.1 Å². The van der Waals surface area contributed by atoms with Gasteiger partial charge in [-0.25, -0.2) is 14.4 Å². The van der Waals surface area contributed by atoms with Crippen molar-refractivity contribution in [2.45, 2.75) is 47.0 Å². The molecule has 2 aliphatic rings. The molecule has 0 radical (unpaired) electrons. The monoisotopic (exact) mass is 551 g/mol. The Morgan fingerprint density at radius 2 is 1.68 bits per heavy atom. The van der Waals surface area contributed by atoms with Crippen LogP contribution in [0, 0.1) is 29.6 Å². The number of rotatable bonds is 2. The molecule has 1 saturated heterocycles. The highest BCUT2D eigenvalue weighted by atomic mass is 35.5. The number of nitriles is 1. The van der Waals surface area contributed by atoms with Gasteiger partial charge in [-0.3, -0.25) is 0 Å². The van der Waals surface area contributed by atoms with E-state index < -0.39 is 0 Å². The van der Waals surface area contributed by atoms with Crippen LogP contribution in [0.5, 0.6) is 0 Å². The molecule has 0 amide bonds. The molecule has 2 heterocycles. The van der Waals surface area contributed by atoms with Crippen LogP contribution < -0.4 is 4.90 Å². The zero-order valence-corrected chi connectivity index (χ0v) is 24.0. The number of halogens is 2. The van der Waals surface area contributed by atoms with Crippen LogP contribution in [0.3, 0.4) is 0 Å². The van der Waals surface area contributed by atoms with Crippen molar-refractivity contribution in [3.05, 3.63) is 75.0 Å². The van der Waals surface area contributed by atoms with E-state index in [0.717, 1.165) is 44.0 Å². The van der Waals surface area contributed by atoms with E-state index in [4.69, 9.17) is 28.2 Å². The molecule has 192 valence electrons. The molecule has 1 aromatic heterocycles. The minimum Gasteiger partial charge on any atom is -0.341 e. The van der Waals surface area contributed by atoms with Gasteiger partial charge in [-0.1, -0.05) is 80.4 Å². The molecule has 1 spiro atoms. The third-order valence-corrected chi connectivity index (χ3v) is 7.83. The summed E-state index contributed by atoms with van der Waals surface area (Å²) < 4.78 is 4.40. The van der Waals surface area contributed by atoms with Crippen LogP contribution in [0.2, 0.25) is 10.0 Å². The first-order valence-electron chi connectivity index (χ1n) is 12.5. The predicted molar refractivity (Wildman–Crippen MR) is 157 cm³/mol. The first-order chi connectivity index (χ1) is 17.7. The lowest BCUT2D eigenvalue weighted by Crippen LogP contribution is -2.44. The maximum Gasteiger partial charge on any atom is 0.226 e. The molecule has 0 saturated carbocycles. The van der Waals surface area contributed by atoms with E-state index in [1.807, 2.05) is 19.1 Å². The highest BCUT2D eigenvalue weighted by Gasteiger charge is 2.45. The summed E-state index contributed by atoms with van der Waals surface area (Å²) in [6.45, 7) is 9.94. The van der Waals surface area contributed by atoms with Crippen LogP contribution in [0.15, 0.2) is 46.9 Å². The summed E-state index contributed by atoms with van der Waals surface area (Å²) in [7, 11) is 0. The van der Waals surface area contributed by atoms with Crippen LogP contribution in [0.4, 0.5) is 5.95 Å². The Morgan fingerprint density at radius 3 is 2.32 bits per heavy atom. The van der Waals surface area contributed by atoms with Gasteiger partial charge in [0.05, 0.1) is 21.5 Å². The maximum atomic E-state index is 9.86. The van der Waals surface area contributed by atoms with Gasteiger partial charge in [0.25, 0.3) is 0 Å². The van der Waals surface area contributed by atoms with E-state index in [1.54, 1.807) is 6.07 Å². The minimum absolute atomic E-state index is 0.0106. The van der Waals surface area contributed by atoms with Crippen molar-refractivity contribution in [2.24, 2.45) is 15.7 Å². The molecule has 0 bridgehead atoms. The first-order valence-corrected chi connectivity index (χ1v) is 13.6. The molecular formula is C29H31Cl2N5S. The minimum atomic E-state index is -0.0106. The number of aryl methyl sites for hydroxylation is 1. The van der Waals surface area contributed by atoms with Gasteiger partial charge in [-0.2, -0.15) is 5.26 Å². The van der Waals surface area contributed by atoms with Crippen LogP contribution >= 0.6 is 36.0 Å². The Hall–Kier alpha value is -2.59. The van der Waals surface area contributed by atoms with Crippen LogP contribution in [-0.2, 0) is 6.42 Å². The number of nitrogens with zero attached hydrogens (tertiary/aromatic N) is 5. The van der Waals surface area contributed by atoms with Gasteiger partial charge in [-0.05, 0) is 56.5 Å². The van der Waals surface area contributed by atoms with Crippen LogP contribution in [-0.4, -0.2) is 28.8 Å². The largest absolute Gasteiger partial charge is 0.341 e. The van der Waals surface area contributed by atoms with Crippen LogP contribution in [0.25, 0.3) is 11.1 Å². The lowest BCUT2D eigenvalue weighted by atomic mass is 9.74. The highest BCUT2D eigenvalue weighted by Crippen LogP contribution is 2.46. The number of thiol groups is 1. The van der Waals surface area contributed by atoms with Gasteiger partial charge < -0.3 is 4.90 Å². The van der Waals surface area contributed by atoms with Crippen molar-refractivity contribution in [1.82, 2.24) is 9.97 Å². The van der Waals surface area contributed by atoms with E-state index in [9.17, 15) is 5.26 Å². The second-order valence-electron chi connectivity index (χ2n) is 10.3.